The van der Waals surface area contributed by atoms with E-state index in [0.29, 0.717) is 12.4 Å². The average molecular weight is 153 g/mol. The van der Waals surface area contributed by atoms with Crippen molar-refractivity contribution in [3.63, 3.8) is 0 Å². The van der Waals surface area contributed by atoms with Gasteiger partial charge in [0, 0.05) is 7.05 Å². The lowest BCUT2D eigenvalue weighted by molar-refractivity contribution is 0.702. The molecule has 0 unspecified atom stereocenters. The number of nitrogens with two attached hydrogens (primary N) is 1. The van der Waals surface area contributed by atoms with E-state index in [2.05, 4.69) is 15.1 Å². The van der Waals surface area contributed by atoms with Crippen LogP contribution < -0.4 is 5.73 Å². The van der Waals surface area contributed by atoms with Gasteiger partial charge in [0.2, 0.25) is 0 Å². The molecule has 5 nitrogen and oxygen atoms in total. The van der Waals surface area contributed by atoms with Gasteiger partial charge in [-0.2, -0.15) is 5.10 Å². The fourth-order valence-electron chi connectivity index (χ4n) is 0.659. The first-order valence-electron chi connectivity index (χ1n) is 3.29. The molecule has 0 bridgehead atoms. The third-order valence-corrected chi connectivity index (χ3v) is 1.28. The minimum atomic E-state index is 0.499. The van der Waals surface area contributed by atoms with Crippen LogP contribution in [0.5, 0.6) is 0 Å². The molecule has 2 N–H and O–H groups in total. The zero-order valence-corrected chi connectivity index (χ0v) is 6.65. The standard InChI is InChI=1S/C6H11N5/c1-5(7)8-3-6-9-4-10-11(6)2/h4H,3H2,1-2H3,(H2,7,8). The molecule has 0 aromatic carbocycles. The Morgan fingerprint density at radius 2 is 2.55 bits per heavy atom. The summed E-state index contributed by atoms with van der Waals surface area (Å²) in [4.78, 5) is 7.98. The highest BCUT2D eigenvalue weighted by molar-refractivity contribution is 5.77. The van der Waals surface area contributed by atoms with Gasteiger partial charge < -0.3 is 5.73 Å². The van der Waals surface area contributed by atoms with Crippen LogP contribution in [0.1, 0.15) is 12.7 Å². The van der Waals surface area contributed by atoms with Crippen LogP contribution in [0.3, 0.4) is 0 Å². The molecule has 0 fully saturated rings. The molecule has 1 heterocycles. The smallest absolute Gasteiger partial charge is 0.148 e. The Hall–Kier alpha value is -1.39. The van der Waals surface area contributed by atoms with E-state index in [4.69, 9.17) is 5.73 Å². The molecule has 5 heteroatoms. The fraction of sp³-hybridized carbons (Fsp3) is 0.500. The van der Waals surface area contributed by atoms with Gasteiger partial charge in [0.1, 0.15) is 18.7 Å². The summed E-state index contributed by atoms with van der Waals surface area (Å²) in [7, 11) is 1.82. The molecule has 0 saturated heterocycles. The average Bonchev–Trinajstić information content (AvgIpc) is 2.31. The number of amidine groups is 1. The van der Waals surface area contributed by atoms with E-state index in [1.165, 1.54) is 6.33 Å². The minimum absolute atomic E-state index is 0.499. The molecule has 0 aliphatic rings. The van der Waals surface area contributed by atoms with E-state index >= 15 is 0 Å². The fourth-order valence-corrected chi connectivity index (χ4v) is 0.659. The van der Waals surface area contributed by atoms with Crippen molar-refractivity contribution in [1.29, 1.82) is 0 Å². The zero-order chi connectivity index (χ0) is 8.27. The Morgan fingerprint density at radius 3 is 3.00 bits per heavy atom. The molecule has 1 rings (SSSR count). The van der Waals surface area contributed by atoms with Crippen molar-refractivity contribution in [3.05, 3.63) is 12.2 Å². The van der Waals surface area contributed by atoms with Gasteiger partial charge in [-0.25, -0.2) is 4.98 Å². The molecule has 60 valence electrons. The molecule has 1 aromatic rings. The molecule has 1 aromatic heterocycles. The lowest BCUT2D eigenvalue weighted by Gasteiger charge is -1.94. The monoisotopic (exact) mass is 153 g/mol. The SMILES string of the molecule is CC(N)=NCc1ncnn1C. The maximum Gasteiger partial charge on any atom is 0.148 e. The van der Waals surface area contributed by atoms with E-state index < -0.39 is 0 Å². The molecule has 0 radical (unpaired) electrons. The molecule has 0 aliphatic heterocycles. The van der Waals surface area contributed by atoms with Gasteiger partial charge in [-0.15, -0.1) is 0 Å². The highest BCUT2D eigenvalue weighted by Crippen LogP contribution is 1.92. The maximum absolute atomic E-state index is 5.35. The summed E-state index contributed by atoms with van der Waals surface area (Å²) in [5.74, 6) is 1.38. The first-order valence-corrected chi connectivity index (χ1v) is 3.29. The first kappa shape index (κ1) is 7.71. The van der Waals surface area contributed by atoms with Gasteiger partial charge in [0.15, 0.2) is 0 Å². The molecule has 0 spiro atoms. The second-order valence-corrected chi connectivity index (χ2v) is 2.26. The van der Waals surface area contributed by atoms with E-state index in [-0.39, 0.29) is 0 Å². The number of rotatable bonds is 2. The van der Waals surface area contributed by atoms with Gasteiger partial charge >= 0.3 is 0 Å². The van der Waals surface area contributed by atoms with E-state index in [0.717, 1.165) is 5.82 Å². The van der Waals surface area contributed by atoms with Crippen LogP contribution in [0, 0.1) is 0 Å². The summed E-state index contributed by atoms with van der Waals surface area (Å²) in [6.07, 6.45) is 1.50. The minimum Gasteiger partial charge on any atom is -0.388 e. The highest BCUT2D eigenvalue weighted by Gasteiger charge is 1.96. The topological polar surface area (TPSA) is 69.1 Å². The van der Waals surface area contributed by atoms with E-state index in [1.54, 1.807) is 11.6 Å². The van der Waals surface area contributed by atoms with Crippen LogP contribution in [0.2, 0.25) is 0 Å². The van der Waals surface area contributed by atoms with Crippen LogP contribution >= 0.6 is 0 Å². The third-order valence-electron chi connectivity index (χ3n) is 1.28. The summed E-state index contributed by atoms with van der Waals surface area (Å²) < 4.78 is 1.67. The summed E-state index contributed by atoms with van der Waals surface area (Å²) >= 11 is 0. The number of hydrogen-bond donors (Lipinski definition) is 1. The van der Waals surface area contributed by atoms with Gasteiger partial charge in [-0.3, -0.25) is 9.67 Å². The molecular weight excluding hydrogens is 142 g/mol. The zero-order valence-electron chi connectivity index (χ0n) is 6.65. The summed E-state index contributed by atoms with van der Waals surface area (Å²) in [6, 6.07) is 0. The quantitative estimate of drug-likeness (QED) is 0.468. The van der Waals surface area contributed by atoms with E-state index in [9.17, 15) is 0 Å². The van der Waals surface area contributed by atoms with Crippen molar-refractivity contribution < 1.29 is 0 Å². The van der Waals surface area contributed by atoms with E-state index in [1.807, 2.05) is 7.05 Å². The van der Waals surface area contributed by atoms with Crippen LogP contribution in [0.4, 0.5) is 0 Å². The van der Waals surface area contributed by atoms with Crippen molar-refractivity contribution in [1.82, 2.24) is 14.8 Å². The maximum atomic E-state index is 5.35. The van der Waals surface area contributed by atoms with Crippen LogP contribution in [0.15, 0.2) is 11.3 Å². The Bertz CT molecular complexity index is 258. The molecule has 0 aliphatic carbocycles. The van der Waals surface area contributed by atoms with Gasteiger partial charge in [0.25, 0.3) is 0 Å². The highest BCUT2D eigenvalue weighted by atomic mass is 15.3. The predicted molar refractivity (Wildman–Crippen MR) is 42.0 cm³/mol. The molecule has 0 amide bonds. The number of hydrogen-bond acceptors (Lipinski definition) is 3. The number of aryl methyl sites for hydroxylation is 1. The molecule has 0 atom stereocenters. The molecular formula is C6H11N5. The Kier molecular flexibility index (Phi) is 2.20. The third kappa shape index (κ3) is 2.03. The largest absolute Gasteiger partial charge is 0.388 e. The Morgan fingerprint density at radius 1 is 1.82 bits per heavy atom. The number of nitrogens with zero attached hydrogens (tertiary/aromatic N) is 4. The van der Waals surface area contributed by atoms with Crippen LogP contribution in [-0.4, -0.2) is 20.6 Å². The number of aliphatic imine (C=N–C) groups is 1. The van der Waals surface area contributed by atoms with Crippen molar-refractivity contribution in [2.75, 3.05) is 0 Å². The van der Waals surface area contributed by atoms with Crippen LogP contribution in [0.25, 0.3) is 0 Å². The lowest BCUT2D eigenvalue weighted by atomic mass is 10.6. The van der Waals surface area contributed by atoms with Crippen molar-refractivity contribution in [2.24, 2.45) is 17.8 Å². The van der Waals surface area contributed by atoms with Gasteiger partial charge in [-0.05, 0) is 6.92 Å². The lowest BCUT2D eigenvalue weighted by Crippen LogP contribution is -2.07. The molecule has 11 heavy (non-hydrogen) atoms. The Balaban J connectivity index is 2.65. The normalized spacial score (nSPS) is 12.0. The molecule has 0 saturated carbocycles. The van der Waals surface area contributed by atoms with Crippen molar-refractivity contribution >= 4 is 5.84 Å². The summed E-state index contributed by atoms with van der Waals surface area (Å²) in [5, 5.41) is 3.89. The second kappa shape index (κ2) is 3.14. The Labute approximate surface area is 65.0 Å². The summed E-state index contributed by atoms with van der Waals surface area (Å²) in [6.45, 7) is 2.25. The second-order valence-electron chi connectivity index (χ2n) is 2.26. The van der Waals surface area contributed by atoms with Gasteiger partial charge in [0.05, 0.1) is 5.84 Å². The number of aromatic nitrogens is 3. The van der Waals surface area contributed by atoms with Crippen LogP contribution in [-0.2, 0) is 13.6 Å². The predicted octanol–water partition coefficient (Wildman–Crippen LogP) is -0.308. The van der Waals surface area contributed by atoms with Crippen molar-refractivity contribution in [2.45, 2.75) is 13.5 Å². The summed E-state index contributed by atoms with van der Waals surface area (Å²) in [5.41, 5.74) is 5.35. The van der Waals surface area contributed by atoms with Crippen molar-refractivity contribution in [3.8, 4) is 0 Å². The van der Waals surface area contributed by atoms with Gasteiger partial charge in [-0.1, -0.05) is 0 Å². The first-order chi connectivity index (χ1) is 5.20.